The van der Waals surface area contributed by atoms with Crippen molar-refractivity contribution in [2.45, 2.75) is 45.3 Å². The largest absolute Gasteiger partial charge is 0.357 e. The summed E-state index contributed by atoms with van der Waals surface area (Å²) in [6.07, 6.45) is 3.83. The fourth-order valence-corrected chi connectivity index (χ4v) is 3.58. The zero-order valence-electron chi connectivity index (χ0n) is 16.4. The molecule has 1 aliphatic heterocycles. The Bertz CT molecular complexity index is 701. The first kappa shape index (κ1) is 19.4. The lowest BCUT2D eigenvalue weighted by molar-refractivity contribution is 0.258. The highest BCUT2D eigenvalue weighted by Gasteiger charge is 2.29. The van der Waals surface area contributed by atoms with Gasteiger partial charge in [0.2, 0.25) is 0 Å². The van der Waals surface area contributed by atoms with E-state index in [2.05, 4.69) is 70.8 Å². The number of likely N-dealkylation sites (tertiary alicyclic amines) is 1. The first-order valence-corrected chi connectivity index (χ1v) is 9.97. The number of hydrogen-bond acceptors (Lipinski definition) is 3. The van der Waals surface area contributed by atoms with Crippen LogP contribution in [0, 0.1) is 0 Å². The number of rotatable bonds is 7. The van der Waals surface area contributed by atoms with Crippen LogP contribution >= 0.6 is 0 Å². The molecule has 1 aromatic carbocycles. The standard InChI is InChI=1S/C22H31N5/c1-3-23-22(25-14-12-20-11-7-8-13-24-20)26-21-15-18(2)27(17-21)16-19-9-5-4-6-10-19/h4-11,13,18,21H,3,12,14-17H2,1-2H3,(H2,23,25,26). The van der Waals surface area contributed by atoms with Crippen molar-refractivity contribution in [3.8, 4) is 0 Å². The van der Waals surface area contributed by atoms with Crippen molar-refractivity contribution in [3.63, 3.8) is 0 Å². The van der Waals surface area contributed by atoms with Crippen molar-refractivity contribution in [2.24, 2.45) is 4.99 Å². The van der Waals surface area contributed by atoms with Crippen LogP contribution in [-0.4, -0.2) is 47.6 Å². The minimum Gasteiger partial charge on any atom is -0.357 e. The summed E-state index contributed by atoms with van der Waals surface area (Å²) in [4.78, 5) is 11.7. The highest BCUT2D eigenvalue weighted by Crippen LogP contribution is 2.20. The summed E-state index contributed by atoms with van der Waals surface area (Å²) >= 11 is 0. The third kappa shape index (κ3) is 6.07. The summed E-state index contributed by atoms with van der Waals surface area (Å²) in [6.45, 7) is 8.08. The van der Waals surface area contributed by atoms with Crippen LogP contribution in [0.15, 0.2) is 59.7 Å². The smallest absolute Gasteiger partial charge is 0.191 e. The molecular formula is C22H31N5. The highest BCUT2D eigenvalue weighted by molar-refractivity contribution is 5.80. The van der Waals surface area contributed by atoms with Crippen molar-refractivity contribution in [1.29, 1.82) is 0 Å². The fraction of sp³-hybridized carbons (Fsp3) is 0.455. The van der Waals surface area contributed by atoms with Gasteiger partial charge in [0, 0.05) is 56.6 Å². The van der Waals surface area contributed by atoms with Crippen LogP contribution in [0.4, 0.5) is 0 Å². The Morgan fingerprint density at radius 1 is 1.19 bits per heavy atom. The number of aliphatic imine (C=N–C) groups is 1. The molecule has 3 rings (SSSR count). The number of aromatic nitrogens is 1. The second kappa shape index (κ2) is 10.1. The van der Waals surface area contributed by atoms with Gasteiger partial charge in [0.1, 0.15) is 0 Å². The maximum Gasteiger partial charge on any atom is 0.191 e. The summed E-state index contributed by atoms with van der Waals surface area (Å²) < 4.78 is 0. The van der Waals surface area contributed by atoms with Crippen LogP contribution in [-0.2, 0) is 13.0 Å². The number of nitrogens with one attached hydrogen (secondary N) is 2. The van der Waals surface area contributed by atoms with Gasteiger partial charge < -0.3 is 10.6 Å². The Balaban J connectivity index is 1.52. The molecule has 0 saturated carbocycles. The molecular weight excluding hydrogens is 334 g/mol. The predicted octanol–water partition coefficient (Wildman–Crippen LogP) is 2.84. The average Bonchev–Trinajstić information content (AvgIpc) is 3.02. The van der Waals surface area contributed by atoms with E-state index in [-0.39, 0.29) is 0 Å². The van der Waals surface area contributed by atoms with Crippen LogP contribution in [0.3, 0.4) is 0 Å². The van der Waals surface area contributed by atoms with Crippen LogP contribution in [0.5, 0.6) is 0 Å². The van der Waals surface area contributed by atoms with Crippen molar-refractivity contribution < 1.29 is 0 Å². The van der Waals surface area contributed by atoms with Gasteiger partial charge in [0.05, 0.1) is 0 Å². The molecule has 5 heteroatoms. The summed E-state index contributed by atoms with van der Waals surface area (Å²) in [5.41, 5.74) is 2.46. The van der Waals surface area contributed by atoms with E-state index in [0.717, 1.165) is 50.7 Å². The van der Waals surface area contributed by atoms with E-state index >= 15 is 0 Å². The van der Waals surface area contributed by atoms with Gasteiger partial charge in [0.25, 0.3) is 0 Å². The predicted molar refractivity (Wildman–Crippen MR) is 112 cm³/mol. The molecule has 1 fully saturated rings. The van der Waals surface area contributed by atoms with Crippen molar-refractivity contribution in [2.75, 3.05) is 19.6 Å². The van der Waals surface area contributed by atoms with Gasteiger partial charge in [-0.1, -0.05) is 36.4 Å². The molecule has 0 aliphatic carbocycles. The normalized spacial score (nSPS) is 20.6. The van der Waals surface area contributed by atoms with E-state index in [1.807, 2.05) is 18.3 Å². The number of nitrogens with zero attached hydrogens (tertiary/aromatic N) is 3. The molecule has 1 aromatic heterocycles. The lowest BCUT2D eigenvalue weighted by Crippen LogP contribution is -2.44. The molecule has 1 saturated heterocycles. The first-order valence-electron chi connectivity index (χ1n) is 9.97. The van der Waals surface area contributed by atoms with E-state index in [1.54, 1.807) is 0 Å². The van der Waals surface area contributed by atoms with E-state index in [1.165, 1.54) is 5.56 Å². The second-order valence-electron chi connectivity index (χ2n) is 7.17. The lowest BCUT2D eigenvalue weighted by Gasteiger charge is -2.21. The summed E-state index contributed by atoms with van der Waals surface area (Å²) in [5.74, 6) is 0.909. The number of benzene rings is 1. The second-order valence-corrected chi connectivity index (χ2v) is 7.17. The molecule has 2 heterocycles. The number of pyridine rings is 1. The molecule has 5 nitrogen and oxygen atoms in total. The molecule has 0 spiro atoms. The Morgan fingerprint density at radius 3 is 2.74 bits per heavy atom. The van der Waals surface area contributed by atoms with Crippen LogP contribution < -0.4 is 10.6 Å². The van der Waals surface area contributed by atoms with Crippen molar-refractivity contribution in [1.82, 2.24) is 20.5 Å². The monoisotopic (exact) mass is 365 g/mol. The first-order chi connectivity index (χ1) is 13.2. The molecule has 2 N–H and O–H groups in total. The van der Waals surface area contributed by atoms with Gasteiger partial charge in [-0.05, 0) is 38.0 Å². The van der Waals surface area contributed by atoms with Crippen molar-refractivity contribution in [3.05, 3.63) is 66.0 Å². The van der Waals surface area contributed by atoms with Gasteiger partial charge in [-0.15, -0.1) is 0 Å². The molecule has 27 heavy (non-hydrogen) atoms. The lowest BCUT2D eigenvalue weighted by atomic mass is 10.2. The number of guanidine groups is 1. The third-order valence-corrected chi connectivity index (χ3v) is 4.98. The summed E-state index contributed by atoms with van der Waals surface area (Å²) in [5, 5.41) is 7.00. The molecule has 144 valence electrons. The van der Waals surface area contributed by atoms with Gasteiger partial charge in [-0.25, -0.2) is 0 Å². The van der Waals surface area contributed by atoms with Crippen LogP contribution in [0.1, 0.15) is 31.5 Å². The van der Waals surface area contributed by atoms with E-state index in [0.29, 0.717) is 12.1 Å². The van der Waals surface area contributed by atoms with Crippen LogP contribution in [0.2, 0.25) is 0 Å². The van der Waals surface area contributed by atoms with E-state index in [9.17, 15) is 0 Å². The fourth-order valence-electron chi connectivity index (χ4n) is 3.58. The SMILES string of the molecule is CCNC(=NCCc1ccccn1)NC1CC(C)N(Cc2ccccc2)C1. The number of hydrogen-bond donors (Lipinski definition) is 2. The van der Waals surface area contributed by atoms with Gasteiger partial charge in [-0.3, -0.25) is 14.9 Å². The Labute approximate surface area is 162 Å². The molecule has 0 radical (unpaired) electrons. The third-order valence-electron chi connectivity index (χ3n) is 4.98. The highest BCUT2D eigenvalue weighted by atomic mass is 15.3. The molecule has 0 bridgehead atoms. The van der Waals surface area contributed by atoms with Gasteiger partial charge >= 0.3 is 0 Å². The zero-order valence-corrected chi connectivity index (χ0v) is 16.4. The maximum atomic E-state index is 4.74. The molecule has 0 amide bonds. The van der Waals surface area contributed by atoms with Crippen LogP contribution in [0.25, 0.3) is 0 Å². The van der Waals surface area contributed by atoms with E-state index < -0.39 is 0 Å². The zero-order chi connectivity index (χ0) is 18.9. The van der Waals surface area contributed by atoms with Gasteiger partial charge in [-0.2, -0.15) is 0 Å². The summed E-state index contributed by atoms with van der Waals surface area (Å²) in [6, 6.07) is 17.7. The average molecular weight is 366 g/mol. The summed E-state index contributed by atoms with van der Waals surface area (Å²) in [7, 11) is 0. The minimum atomic E-state index is 0.427. The molecule has 2 unspecified atom stereocenters. The topological polar surface area (TPSA) is 52.6 Å². The Morgan fingerprint density at radius 2 is 2.00 bits per heavy atom. The van der Waals surface area contributed by atoms with E-state index in [4.69, 9.17) is 4.99 Å². The maximum absolute atomic E-state index is 4.74. The van der Waals surface area contributed by atoms with Gasteiger partial charge in [0.15, 0.2) is 5.96 Å². The molecule has 1 aliphatic rings. The Kier molecular flexibility index (Phi) is 7.22. The van der Waals surface area contributed by atoms with Crippen molar-refractivity contribution >= 4 is 5.96 Å². The molecule has 2 atom stereocenters. The quantitative estimate of drug-likeness (QED) is 0.585. The minimum absolute atomic E-state index is 0.427. The molecule has 2 aromatic rings. The Hall–Kier alpha value is -2.40.